The minimum absolute atomic E-state index is 0.242. The van der Waals surface area contributed by atoms with Crippen molar-refractivity contribution in [1.82, 2.24) is 10.5 Å². The largest absolute Gasteiger partial charge is 0.360 e. The third-order valence-corrected chi connectivity index (χ3v) is 2.59. The molecule has 0 saturated heterocycles. The minimum Gasteiger partial charge on any atom is -0.360 e. The van der Waals surface area contributed by atoms with Crippen molar-refractivity contribution in [1.29, 1.82) is 0 Å². The number of urea groups is 1. The van der Waals surface area contributed by atoms with Crippen LogP contribution in [-0.4, -0.2) is 11.2 Å². The van der Waals surface area contributed by atoms with Crippen LogP contribution in [0.5, 0.6) is 0 Å². The first-order chi connectivity index (χ1) is 9.04. The van der Waals surface area contributed by atoms with E-state index in [4.69, 9.17) is 4.52 Å². The van der Waals surface area contributed by atoms with E-state index in [1.807, 2.05) is 0 Å². The van der Waals surface area contributed by atoms with Crippen molar-refractivity contribution in [2.75, 3.05) is 5.32 Å². The molecule has 2 rings (SSSR count). The molecule has 2 aromatic rings. The fourth-order valence-electron chi connectivity index (χ4n) is 1.61. The van der Waals surface area contributed by atoms with E-state index in [0.29, 0.717) is 11.6 Å². The first-order valence-corrected chi connectivity index (χ1v) is 5.81. The molecule has 1 aromatic carbocycles. The molecule has 19 heavy (non-hydrogen) atoms. The lowest BCUT2D eigenvalue weighted by molar-refractivity contribution is 0.249. The Morgan fingerprint density at radius 1 is 1.37 bits per heavy atom. The summed E-state index contributed by atoms with van der Waals surface area (Å²) in [4.78, 5) is 11.7. The van der Waals surface area contributed by atoms with Crippen molar-refractivity contribution in [3.8, 4) is 0 Å². The summed E-state index contributed by atoms with van der Waals surface area (Å²) in [5.74, 6) is 0.654. The molecule has 0 aliphatic rings. The van der Waals surface area contributed by atoms with Crippen molar-refractivity contribution in [2.45, 2.75) is 19.9 Å². The molecule has 1 unspecified atom stereocenters. The number of aromatic nitrogens is 1. The molecule has 0 radical (unpaired) electrons. The third kappa shape index (κ3) is 3.54. The number of aryl methyl sites for hydroxylation is 1. The first kappa shape index (κ1) is 13.1. The van der Waals surface area contributed by atoms with Crippen molar-refractivity contribution >= 4 is 11.8 Å². The molecule has 5 nitrogen and oxygen atoms in total. The second-order valence-electron chi connectivity index (χ2n) is 4.19. The van der Waals surface area contributed by atoms with Crippen LogP contribution in [0, 0.1) is 12.7 Å². The Kier molecular flexibility index (Phi) is 3.79. The summed E-state index contributed by atoms with van der Waals surface area (Å²) in [5.41, 5.74) is 0.813. The average Bonchev–Trinajstić information content (AvgIpc) is 2.75. The van der Waals surface area contributed by atoms with E-state index >= 15 is 0 Å². The maximum atomic E-state index is 12.8. The summed E-state index contributed by atoms with van der Waals surface area (Å²) in [6.45, 7) is 3.54. The molecule has 1 heterocycles. The predicted octanol–water partition coefficient (Wildman–Crippen LogP) is 3.00. The van der Waals surface area contributed by atoms with E-state index < -0.39 is 6.03 Å². The van der Waals surface area contributed by atoms with Crippen LogP contribution in [0.2, 0.25) is 0 Å². The van der Waals surface area contributed by atoms with E-state index in [1.165, 1.54) is 12.1 Å². The van der Waals surface area contributed by atoms with Crippen molar-refractivity contribution in [3.63, 3.8) is 0 Å². The molecule has 2 amide bonds. The van der Waals surface area contributed by atoms with Gasteiger partial charge in [0, 0.05) is 6.07 Å². The van der Waals surface area contributed by atoms with Gasteiger partial charge in [0.1, 0.15) is 11.6 Å². The Morgan fingerprint density at radius 2 is 2.05 bits per heavy atom. The van der Waals surface area contributed by atoms with Crippen LogP contribution >= 0.6 is 0 Å². The summed E-state index contributed by atoms with van der Waals surface area (Å²) in [6.07, 6.45) is 0. The Hall–Kier alpha value is -2.37. The van der Waals surface area contributed by atoms with Gasteiger partial charge in [-0.25, -0.2) is 9.18 Å². The molecule has 0 saturated carbocycles. The summed E-state index contributed by atoms with van der Waals surface area (Å²) >= 11 is 0. The van der Waals surface area contributed by atoms with Gasteiger partial charge in [0.15, 0.2) is 5.82 Å². The molecule has 1 aromatic heterocycles. The normalized spacial score (nSPS) is 11.9. The van der Waals surface area contributed by atoms with Crippen LogP contribution in [-0.2, 0) is 0 Å². The minimum atomic E-state index is -0.398. The number of carbonyl (C=O) groups is 1. The molecule has 6 heteroatoms. The average molecular weight is 263 g/mol. The van der Waals surface area contributed by atoms with Crippen LogP contribution < -0.4 is 10.6 Å². The number of amides is 2. The fraction of sp³-hybridized carbons (Fsp3) is 0.231. The second kappa shape index (κ2) is 5.51. The molecule has 1 atom stereocenters. The number of anilines is 1. The highest BCUT2D eigenvalue weighted by Crippen LogP contribution is 2.13. The number of nitrogens with one attached hydrogen (secondary N) is 2. The van der Waals surface area contributed by atoms with Gasteiger partial charge >= 0.3 is 6.03 Å². The molecule has 100 valence electrons. The summed E-state index contributed by atoms with van der Waals surface area (Å²) in [5, 5.41) is 8.92. The molecule has 2 N–H and O–H groups in total. The van der Waals surface area contributed by atoms with E-state index in [0.717, 1.165) is 5.56 Å². The fourth-order valence-corrected chi connectivity index (χ4v) is 1.61. The van der Waals surface area contributed by atoms with Gasteiger partial charge in [-0.1, -0.05) is 17.3 Å². The highest BCUT2D eigenvalue weighted by atomic mass is 19.1. The summed E-state index contributed by atoms with van der Waals surface area (Å²) < 4.78 is 17.6. The van der Waals surface area contributed by atoms with Gasteiger partial charge in [-0.2, -0.15) is 0 Å². The standard InChI is InChI=1S/C13H14FN3O2/c1-8-7-12(17-19-8)16-13(18)15-9(2)10-3-5-11(14)6-4-10/h3-7,9H,1-2H3,(H2,15,16,17,18). The topological polar surface area (TPSA) is 67.2 Å². The summed E-state index contributed by atoms with van der Waals surface area (Å²) in [6, 6.07) is 6.93. The molecular weight excluding hydrogens is 249 g/mol. The van der Waals surface area contributed by atoms with Gasteiger partial charge in [-0.3, -0.25) is 5.32 Å². The quantitative estimate of drug-likeness (QED) is 0.894. The lowest BCUT2D eigenvalue weighted by Gasteiger charge is -2.14. The zero-order valence-electron chi connectivity index (χ0n) is 10.6. The molecule has 0 fully saturated rings. The first-order valence-electron chi connectivity index (χ1n) is 5.81. The van der Waals surface area contributed by atoms with Gasteiger partial charge < -0.3 is 9.84 Å². The Morgan fingerprint density at radius 3 is 2.63 bits per heavy atom. The zero-order valence-corrected chi connectivity index (χ0v) is 10.6. The molecule has 0 aliphatic carbocycles. The lowest BCUT2D eigenvalue weighted by atomic mass is 10.1. The van der Waals surface area contributed by atoms with Crippen LogP contribution in [0.1, 0.15) is 24.3 Å². The van der Waals surface area contributed by atoms with Crippen LogP contribution in [0.3, 0.4) is 0 Å². The highest BCUT2D eigenvalue weighted by Gasteiger charge is 2.11. The van der Waals surface area contributed by atoms with E-state index in [9.17, 15) is 9.18 Å². The Bertz CT molecular complexity index is 566. The highest BCUT2D eigenvalue weighted by molar-refractivity contribution is 5.88. The smallest absolute Gasteiger partial charge is 0.320 e. The van der Waals surface area contributed by atoms with Gasteiger partial charge in [-0.15, -0.1) is 0 Å². The lowest BCUT2D eigenvalue weighted by Crippen LogP contribution is -2.31. The predicted molar refractivity (Wildman–Crippen MR) is 68.2 cm³/mol. The maximum absolute atomic E-state index is 12.8. The van der Waals surface area contributed by atoms with Gasteiger partial charge in [0.2, 0.25) is 0 Å². The van der Waals surface area contributed by atoms with Crippen molar-refractivity contribution in [3.05, 3.63) is 47.5 Å². The summed E-state index contributed by atoms with van der Waals surface area (Å²) in [7, 11) is 0. The van der Waals surface area contributed by atoms with E-state index in [-0.39, 0.29) is 11.9 Å². The number of hydrogen-bond acceptors (Lipinski definition) is 3. The van der Waals surface area contributed by atoms with Crippen molar-refractivity contribution < 1.29 is 13.7 Å². The van der Waals surface area contributed by atoms with Crippen molar-refractivity contribution in [2.24, 2.45) is 0 Å². The van der Waals surface area contributed by atoms with Crippen LogP contribution in [0.15, 0.2) is 34.9 Å². The van der Waals surface area contributed by atoms with Crippen LogP contribution in [0.25, 0.3) is 0 Å². The number of halogens is 1. The zero-order chi connectivity index (χ0) is 13.8. The van der Waals surface area contributed by atoms with Gasteiger partial charge in [0.25, 0.3) is 0 Å². The Balaban J connectivity index is 1.93. The number of hydrogen-bond donors (Lipinski definition) is 2. The Labute approximate surface area is 109 Å². The number of benzene rings is 1. The van der Waals surface area contributed by atoms with Crippen LogP contribution in [0.4, 0.5) is 15.0 Å². The molecular formula is C13H14FN3O2. The number of nitrogens with zero attached hydrogens (tertiary/aromatic N) is 1. The molecule has 0 spiro atoms. The van der Waals surface area contributed by atoms with Gasteiger partial charge in [0.05, 0.1) is 6.04 Å². The SMILES string of the molecule is Cc1cc(NC(=O)NC(C)c2ccc(F)cc2)no1. The number of rotatable bonds is 3. The maximum Gasteiger partial charge on any atom is 0.320 e. The van der Waals surface area contributed by atoms with Gasteiger partial charge in [-0.05, 0) is 31.5 Å². The second-order valence-corrected chi connectivity index (χ2v) is 4.19. The number of carbonyl (C=O) groups excluding carboxylic acids is 1. The van der Waals surface area contributed by atoms with E-state index in [1.54, 1.807) is 32.0 Å². The third-order valence-electron chi connectivity index (χ3n) is 2.59. The molecule has 0 aliphatic heterocycles. The monoisotopic (exact) mass is 263 g/mol. The molecule has 0 bridgehead atoms. The van der Waals surface area contributed by atoms with E-state index in [2.05, 4.69) is 15.8 Å².